The summed E-state index contributed by atoms with van der Waals surface area (Å²) in [5, 5.41) is 0. The predicted molar refractivity (Wildman–Crippen MR) is 155 cm³/mol. The minimum atomic E-state index is 0.184. The molecule has 5 heteroatoms. The van der Waals surface area contributed by atoms with Crippen LogP contribution in [0.15, 0.2) is 12.2 Å². The van der Waals surface area contributed by atoms with Gasteiger partial charge in [0, 0.05) is 31.7 Å². The maximum Gasteiger partial charge on any atom is 0.0700 e. The van der Waals surface area contributed by atoms with Crippen LogP contribution in [0.3, 0.4) is 0 Å². The lowest BCUT2D eigenvalue weighted by atomic mass is 9.62. The van der Waals surface area contributed by atoms with Crippen LogP contribution in [-0.4, -0.2) is 76.4 Å². The van der Waals surface area contributed by atoms with Crippen molar-refractivity contribution in [2.45, 2.75) is 120 Å². The molecule has 5 nitrogen and oxygen atoms in total. The van der Waals surface area contributed by atoms with Crippen LogP contribution in [0.25, 0.3) is 0 Å². The van der Waals surface area contributed by atoms with E-state index >= 15 is 0 Å². The number of ether oxygens (including phenoxy) is 4. The molecule has 216 valence electrons. The summed E-state index contributed by atoms with van der Waals surface area (Å²) in [4.78, 5) is 2.41. The van der Waals surface area contributed by atoms with Gasteiger partial charge in [0.15, 0.2) is 0 Å². The summed E-state index contributed by atoms with van der Waals surface area (Å²) in [5.41, 5.74) is 1.80. The minimum absolute atomic E-state index is 0.184. The topological polar surface area (TPSA) is 40.2 Å². The summed E-state index contributed by atoms with van der Waals surface area (Å²) in [6.45, 7) is 31.1. The quantitative estimate of drug-likeness (QED) is 0.227. The lowest BCUT2D eigenvalue weighted by molar-refractivity contribution is -0.155. The molecule has 0 radical (unpaired) electrons. The van der Waals surface area contributed by atoms with Crippen LogP contribution in [0.4, 0.5) is 0 Å². The lowest BCUT2D eigenvalue weighted by Gasteiger charge is -2.58. The SMILES string of the molecule is C=C(COCC(C)CC(C)(C)COC1CC2(C1)CN(C)C2)COC1CC(OCC)C1.CC.CC.CC. The molecule has 0 amide bonds. The van der Waals surface area contributed by atoms with E-state index in [9.17, 15) is 0 Å². The Kier molecular flexibility index (Phi) is 18.5. The molecule has 1 saturated heterocycles. The smallest absolute Gasteiger partial charge is 0.0700 e. The molecule has 2 aliphatic carbocycles. The molecule has 0 bridgehead atoms. The van der Waals surface area contributed by atoms with Gasteiger partial charge in [-0.2, -0.15) is 0 Å². The van der Waals surface area contributed by atoms with Crippen molar-refractivity contribution >= 4 is 0 Å². The van der Waals surface area contributed by atoms with Crippen molar-refractivity contribution in [2.24, 2.45) is 16.7 Å². The molecule has 2 saturated carbocycles. The number of nitrogens with zero attached hydrogens (tertiary/aromatic N) is 1. The second-order valence-corrected chi connectivity index (χ2v) is 11.2. The molecule has 0 aromatic rings. The van der Waals surface area contributed by atoms with Gasteiger partial charge < -0.3 is 23.8 Å². The van der Waals surface area contributed by atoms with Gasteiger partial charge in [0.05, 0.1) is 38.1 Å². The van der Waals surface area contributed by atoms with Crippen LogP contribution in [0, 0.1) is 16.7 Å². The molecule has 1 aliphatic heterocycles. The molecular formula is C31H63NO4. The van der Waals surface area contributed by atoms with Crippen LogP contribution in [-0.2, 0) is 18.9 Å². The summed E-state index contributed by atoms with van der Waals surface area (Å²) in [5.74, 6) is 0.504. The van der Waals surface area contributed by atoms with E-state index in [-0.39, 0.29) is 5.41 Å². The van der Waals surface area contributed by atoms with Gasteiger partial charge in [-0.15, -0.1) is 0 Å². The van der Waals surface area contributed by atoms with Gasteiger partial charge in [0.2, 0.25) is 0 Å². The van der Waals surface area contributed by atoms with Crippen molar-refractivity contribution in [1.82, 2.24) is 4.90 Å². The third kappa shape index (κ3) is 12.9. The first-order valence-corrected chi connectivity index (χ1v) is 15.0. The molecule has 0 aromatic carbocycles. The molecule has 0 aromatic heterocycles. The average molecular weight is 514 g/mol. The molecular weight excluding hydrogens is 450 g/mol. The molecule has 3 fully saturated rings. The summed E-state index contributed by atoms with van der Waals surface area (Å²) < 4.78 is 23.6. The highest BCUT2D eigenvalue weighted by Gasteiger charge is 2.51. The standard InChI is InChI=1S/C25H45NO4.3C2H6/c1-7-28-21-8-22(9-21)29-15-20(3)14-27-13-19(2)10-24(4,5)18-30-23-11-25(12-23)16-26(6)17-25;3*1-2/h19,21-23H,3,7-18H2,1-2,4-6H3;3*1-2H3. The third-order valence-corrected chi connectivity index (χ3v) is 6.83. The fourth-order valence-corrected chi connectivity index (χ4v) is 5.49. The maximum atomic E-state index is 6.25. The van der Waals surface area contributed by atoms with Crippen molar-refractivity contribution in [3.8, 4) is 0 Å². The normalized spacial score (nSPS) is 23.3. The zero-order chi connectivity index (χ0) is 27.8. The van der Waals surface area contributed by atoms with Crippen LogP contribution < -0.4 is 0 Å². The molecule has 3 aliphatic rings. The van der Waals surface area contributed by atoms with Gasteiger partial charge in [-0.3, -0.25) is 0 Å². The Bertz CT molecular complexity index is 545. The Morgan fingerprint density at radius 2 is 1.47 bits per heavy atom. The Morgan fingerprint density at radius 1 is 0.917 bits per heavy atom. The first-order valence-electron chi connectivity index (χ1n) is 15.0. The van der Waals surface area contributed by atoms with Gasteiger partial charge in [0.25, 0.3) is 0 Å². The Balaban J connectivity index is 0.00000190. The Morgan fingerprint density at radius 3 is 2.00 bits per heavy atom. The maximum absolute atomic E-state index is 6.25. The van der Waals surface area contributed by atoms with Crippen molar-refractivity contribution < 1.29 is 18.9 Å². The first kappa shape index (κ1) is 35.5. The third-order valence-electron chi connectivity index (χ3n) is 6.83. The van der Waals surface area contributed by atoms with E-state index in [1.165, 1.54) is 25.9 Å². The second-order valence-electron chi connectivity index (χ2n) is 11.2. The van der Waals surface area contributed by atoms with Crippen LogP contribution in [0.2, 0.25) is 0 Å². The highest BCUT2D eigenvalue weighted by Crippen LogP contribution is 2.49. The molecule has 1 heterocycles. The molecule has 0 N–H and O–H groups in total. The van der Waals surface area contributed by atoms with E-state index in [1.54, 1.807) is 0 Å². The van der Waals surface area contributed by atoms with E-state index in [1.807, 2.05) is 48.5 Å². The van der Waals surface area contributed by atoms with E-state index in [0.29, 0.717) is 42.9 Å². The molecule has 1 atom stereocenters. The second kappa shape index (κ2) is 18.7. The van der Waals surface area contributed by atoms with Crippen LogP contribution in [0.5, 0.6) is 0 Å². The summed E-state index contributed by atoms with van der Waals surface area (Å²) in [6, 6.07) is 0. The number of hydrogen-bond donors (Lipinski definition) is 0. The number of rotatable bonds is 14. The van der Waals surface area contributed by atoms with Crippen molar-refractivity contribution in [2.75, 3.05) is 53.2 Å². The van der Waals surface area contributed by atoms with Crippen LogP contribution >= 0.6 is 0 Å². The molecule has 1 unspecified atom stereocenters. The fourth-order valence-electron chi connectivity index (χ4n) is 5.49. The molecule has 3 rings (SSSR count). The van der Waals surface area contributed by atoms with E-state index in [2.05, 4.69) is 39.3 Å². The zero-order valence-corrected chi connectivity index (χ0v) is 26.1. The average Bonchev–Trinajstić information content (AvgIpc) is 2.79. The van der Waals surface area contributed by atoms with E-state index in [0.717, 1.165) is 44.7 Å². The van der Waals surface area contributed by atoms with Gasteiger partial charge in [-0.1, -0.05) is 68.9 Å². The summed E-state index contributed by atoms with van der Waals surface area (Å²) in [7, 11) is 2.21. The Hall–Kier alpha value is -0.460. The Labute approximate surface area is 225 Å². The van der Waals surface area contributed by atoms with Gasteiger partial charge in [-0.05, 0) is 63.0 Å². The first-order chi connectivity index (χ1) is 17.2. The van der Waals surface area contributed by atoms with E-state index in [4.69, 9.17) is 18.9 Å². The lowest BCUT2D eigenvalue weighted by Crippen LogP contribution is -2.62. The predicted octanol–water partition coefficient (Wildman–Crippen LogP) is 7.39. The van der Waals surface area contributed by atoms with Crippen molar-refractivity contribution in [3.05, 3.63) is 12.2 Å². The summed E-state index contributed by atoms with van der Waals surface area (Å²) >= 11 is 0. The van der Waals surface area contributed by atoms with Crippen molar-refractivity contribution in [1.29, 1.82) is 0 Å². The number of hydrogen-bond acceptors (Lipinski definition) is 5. The van der Waals surface area contributed by atoms with Gasteiger partial charge in [-0.25, -0.2) is 0 Å². The highest BCUT2D eigenvalue weighted by molar-refractivity contribution is 5.04. The molecule has 36 heavy (non-hydrogen) atoms. The van der Waals surface area contributed by atoms with E-state index < -0.39 is 0 Å². The zero-order valence-electron chi connectivity index (χ0n) is 26.1. The highest BCUT2D eigenvalue weighted by atomic mass is 16.5. The fraction of sp³-hybridized carbons (Fsp3) is 0.935. The minimum Gasteiger partial charge on any atom is -0.378 e. The molecule has 1 spiro atoms. The monoisotopic (exact) mass is 513 g/mol. The van der Waals surface area contributed by atoms with Crippen LogP contribution in [0.1, 0.15) is 101 Å². The summed E-state index contributed by atoms with van der Waals surface area (Å²) in [6.07, 6.45) is 6.83. The largest absolute Gasteiger partial charge is 0.378 e. The number of likely N-dealkylation sites (tertiary alicyclic amines) is 1. The van der Waals surface area contributed by atoms with Gasteiger partial charge >= 0.3 is 0 Å². The van der Waals surface area contributed by atoms with Gasteiger partial charge in [0.1, 0.15) is 0 Å². The van der Waals surface area contributed by atoms with Crippen molar-refractivity contribution in [3.63, 3.8) is 0 Å².